The first-order chi connectivity index (χ1) is 12.8. The Morgan fingerprint density at radius 3 is 2.77 bits per heavy atom. The Hall–Kier alpha value is -3.19. The SMILES string of the molecule is Cc1ccc(OCc2nn3c(-c4cc5ccccc5o4)nnc3s2)cc1. The summed E-state index contributed by atoms with van der Waals surface area (Å²) >= 11 is 1.45. The minimum atomic E-state index is 0.386. The summed E-state index contributed by atoms with van der Waals surface area (Å²) < 4.78 is 13.4. The highest BCUT2D eigenvalue weighted by Crippen LogP contribution is 2.28. The normalized spacial score (nSPS) is 11.4. The van der Waals surface area contributed by atoms with Crippen molar-refractivity contribution in [3.63, 3.8) is 0 Å². The van der Waals surface area contributed by atoms with Crippen molar-refractivity contribution < 1.29 is 9.15 Å². The molecule has 5 rings (SSSR count). The molecule has 3 aromatic heterocycles. The minimum absolute atomic E-state index is 0.386. The maximum atomic E-state index is 5.88. The maximum absolute atomic E-state index is 5.88. The highest BCUT2D eigenvalue weighted by Gasteiger charge is 2.17. The molecule has 0 saturated carbocycles. The van der Waals surface area contributed by atoms with E-state index >= 15 is 0 Å². The maximum Gasteiger partial charge on any atom is 0.235 e. The van der Waals surface area contributed by atoms with Crippen molar-refractivity contribution >= 4 is 27.3 Å². The molecular formula is C19H14N4O2S. The summed E-state index contributed by atoms with van der Waals surface area (Å²) in [5, 5.41) is 14.9. The number of furan rings is 1. The molecule has 128 valence electrons. The van der Waals surface area contributed by atoms with Crippen LogP contribution in [-0.2, 0) is 6.61 Å². The first kappa shape index (κ1) is 15.1. The van der Waals surface area contributed by atoms with Crippen LogP contribution in [0.3, 0.4) is 0 Å². The summed E-state index contributed by atoms with van der Waals surface area (Å²) in [6.07, 6.45) is 0. The number of fused-ring (bicyclic) bond motifs is 2. The Morgan fingerprint density at radius 2 is 1.92 bits per heavy atom. The fourth-order valence-electron chi connectivity index (χ4n) is 2.74. The number of hydrogen-bond acceptors (Lipinski definition) is 6. The molecular weight excluding hydrogens is 348 g/mol. The Morgan fingerprint density at radius 1 is 1.08 bits per heavy atom. The zero-order chi connectivity index (χ0) is 17.5. The largest absolute Gasteiger partial charge is 0.486 e. The molecule has 0 atom stereocenters. The van der Waals surface area contributed by atoms with Gasteiger partial charge in [-0.1, -0.05) is 47.2 Å². The van der Waals surface area contributed by atoms with Gasteiger partial charge in [0.05, 0.1) is 0 Å². The molecule has 0 amide bonds. The summed E-state index contributed by atoms with van der Waals surface area (Å²) in [5.41, 5.74) is 2.02. The van der Waals surface area contributed by atoms with E-state index in [9.17, 15) is 0 Å². The molecule has 2 aromatic carbocycles. The molecule has 7 heteroatoms. The van der Waals surface area contributed by atoms with Crippen molar-refractivity contribution in [1.29, 1.82) is 0 Å². The van der Waals surface area contributed by atoms with Crippen LogP contribution in [0.25, 0.3) is 27.5 Å². The van der Waals surface area contributed by atoms with Crippen LogP contribution in [0, 0.1) is 6.92 Å². The molecule has 0 aliphatic rings. The van der Waals surface area contributed by atoms with Gasteiger partial charge < -0.3 is 9.15 Å². The summed E-state index contributed by atoms with van der Waals surface area (Å²) in [6, 6.07) is 17.8. The predicted molar refractivity (Wildman–Crippen MR) is 99.4 cm³/mol. The number of benzene rings is 2. The highest BCUT2D eigenvalue weighted by atomic mass is 32.1. The number of hydrogen-bond donors (Lipinski definition) is 0. The molecule has 0 unspecified atom stereocenters. The van der Waals surface area contributed by atoms with Crippen molar-refractivity contribution in [3.8, 4) is 17.3 Å². The number of ether oxygens (including phenoxy) is 1. The van der Waals surface area contributed by atoms with Crippen LogP contribution in [0.5, 0.6) is 5.75 Å². The van der Waals surface area contributed by atoms with Crippen molar-refractivity contribution in [3.05, 3.63) is 65.2 Å². The summed E-state index contributed by atoms with van der Waals surface area (Å²) in [5.74, 6) is 2.06. The smallest absolute Gasteiger partial charge is 0.235 e. The number of para-hydroxylation sites is 1. The summed E-state index contributed by atoms with van der Waals surface area (Å²) in [6.45, 7) is 2.43. The molecule has 0 bridgehead atoms. The van der Waals surface area contributed by atoms with Gasteiger partial charge in [0.2, 0.25) is 10.8 Å². The average Bonchev–Trinajstić information content (AvgIpc) is 3.34. The van der Waals surface area contributed by atoms with Gasteiger partial charge in [0, 0.05) is 5.39 Å². The van der Waals surface area contributed by atoms with Crippen molar-refractivity contribution in [1.82, 2.24) is 19.8 Å². The van der Waals surface area contributed by atoms with Crippen molar-refractivity contribution in [2.24, 2.45) is 0 Å². The van der Waals surface area contributed by atoms with Crippen LogP contribution >= 0.6 is 11.3 Å². The topological polar surface area (TPSA) is 65.5 Å². The van der Waals surface area contributed by atoms with Crippen molar-refractivity contribution in [2.45, 2.75) is 13.5 Å². The van der Waals surface area contributed by atoms with Gasteiger partial charge in [0.1, 0.15) is 17.9 Å². The van der Waals surface area contributed by atoms with Crippen LogP contribution in [0.4, 0.5) is 0 Å². The van der Waals surface area contributed by atoms with E-state index in [1.807, 2.05) is 61.5 Å². The summed E-state index contributed by atoms with van der Waals surface area (Å²) in [7, 11) is 0. The zero-order valence-corrected chi connectivity index (χ0v) is 14.7. The molecule has 0 fully saturated rings. The first-order valence-electron chi connectivity index (χ1n) is 8.16. The molecule has 0 aliphatic carbocycles. The quantitative estimate of drug-likeness (QED) is 0.471. The average molecular weight is 362 g/mol. The lowest BCUT2D eigenvalue weighted by Crippen LogP contribution is -1.97. The zero-order valence-electron chi connectivity index (χ0n) is 13.9. The van der Waals surface area contributed by atoms with E-state index in [-0.39, 0.29) is 0 Å². The second-order valence-electron chi connectivity index (χ2n) is 5.96. The third-order valence-electron chi connectivity index (χ3n) is 4.06. The van der Waals surface area contributed by atoms with Gasteiger partial charge in [-0.05, 0) is 31.2 Å². The molecule has 6 nitrogen and oxygen atoms in total. The Kier molecular flexibility index (Phi) is 3.46. The van der Waals surface area contributed by atoms with Crippen LogP contribution in [-0.4, -0.2) is 19.8 Å². The first-order valence-corrected chi connectivity index (χ1v) is 8.97. The van der Waals surface area contributed by atoms with Crippen LogP contribution in [0.2, 0.25) is 0 Å². The lowest BCUT2D eigenvalue weighted by atomic mass is 10.2. The lowest BCUT2D eigenvalue weighted by Gasteiger charge is -2.03. The summed E-state index contributed by atoms with van der Waals surface area (Å²) in [4.78, 5) is 0.711. The predicted octanol–water partition coefficient (Wildman–Crippen LogP) is 4.49. The molecule has 0 N–H and O–H groups in total. The molecule has 0 radical (unpaired) electrons. The van der Waals surface area contributed by atoms with Crippen LogP contribution in [0.1, 0.15) is 10.6 Å². The Labute approximate surface area is 152 Å². The van der Waals surface area contributed by atoms with Gasteiger partial charge in [-0.2, -0.15) is 9.61 Å². The lowest BCUT2D eigenvalue weighted by molar-refractivity contribution is 0.304. The molecule has 0 aliphatic heterocycles. The van der Waals surface area contributed by atoms with Gasteiger partial charge in [0.25, 0.3) is 0 Å². The van der Waals surface area contributed by atoms with E-state index in [2.05, 4.69) is 15.3 Å². The van der Waals surface area contributed by atoms with E-state index in [0.717, 1.165) is 21.7 Å². The molecule has 3 heterocycles. The van der Waals surface area contributed by atoms with Gasteiger partial charge in [-0.15, -0.1) is 10.2 Å². The minimum Gasteiger partial charge on any atom is -0.486 e. The van der Waals surface area contributed by atoms with Crippen LogP contribution < -0.4 is 4.74 Å². The monoisotopic (exact) mass is 362 g/mol. The number of aromatic nitrogens is 4. The fourth-order valence-corrected chi connectivity index (χ4v) is 3.49. The van der Waals surface area contributed by atoms with Gasteiger partial charge in [0.15, 0.2) is 10.8 Å². The van der Waals surface area contributed by atoms with Crippen LogP contribution in [0.15, 0.2) is 59.0 Å². The Balaban J connectivity index is 1.44. The second kappa shape index (κ2) is 5.96. The molecule has 5 aromatic rings. The highest BCUT2D eigenvalue weighted by molar-refractivity contribution is 7.16. The molecule has 0 spiro atoms. The van der Waals surface area contributed by atoms with E-state index < -0.39 is 0 Å². The third kappa shape index (κ3) is 2.62. The molecule has 26 heavy (non-hydrogen) atoms. The van der Waals surface area contributed by atoms with Gasteiger partial charge in [-0.25, -0.2) is 0 Å². The second-order valence-corrected chi connectivity index (χ2v) is 7.00. The number of aryl methyl sites for hydroxylation is 1. The standard InChI is InChI=1S/C19H14N4O2S/c1-12-6-8-14(9-7-12)24-11-17-22-23-18(20-21-19(23)26-17)16-10-13-4-2-3-5-15(13)25-16/h2-10H,11H2,1H3. The third-order valence-corrected chi connectivity index (χ3v) is 4.93. The van der Waals surface area contributed by atoms with Crippen molar-refractivity contribution in [2.75, 3.05) is 0 Å². The van der Waals surface area contributed by atoms with E-state index in [4.69, 9.17) is 9.15 Å². The van der Waals surface area contributed by atoms with E-state index in [0.29, 0.717) is 23.2 Å². The number of rotatable bonds is 4. The van der Waals surface area contributed by atoms with E-state index in [1.165, 1.54) is 16.9 Å². The van der Waals surface area contributed by atoms with E-state index in [1.54, 1.807) is 4.52 Å². The fraction of sp³-hybridized carbons (Fsp3) is 0.105. The van der Waals surface area contributed by atoms with Gasteiger partial charge in [-0.3, -0.25) is 0 Å². The van der Waals surface area contributed by atoms with Gasteiger partial charge >= 0.3 is 0 Å². The molecule has 0 saturated heterocycles. The Bertz CT molecular complexity index is 1170. The number of nitrogens with zero attached hydrogens (tertiary/aromatic N) is 4.